The highest BCUT2D eigenvalue weighted by Crippen LogP contribution is 2.13. The van der Waals surface area contributed by atoms with Crippen LogP contribution in [-0.4, -0.2) is 0 Å². The monoisotopic (exact) mass is 182 g/mol. The Balaban J connectivity index is 3.42. The molecule has 0 aromatic rings. The van der Waals surface area contributed by atoms with Crippen LogP contribution < -0.4 is 0 Å². The quantitative estimate of drug-likeness (QED) is 0.408. The number of unbranched alkanes of at least 4 members (excludes halogenated alkanes) is 1. The topological polar surface area (TPSA) is 0 Å². The Kier molecular flexibility index (Phi) is 7.03. The van der Waals surface area contributed by atoms with Gasteiger partial charge in [-0.2, -0.15) is 0 Å². The highest BCUT2D eigenvalue weighted by atomic mass is 14.0. The zero-order chi connectivity index (χ0) is 10.3. The summed E-state index contributed by atoms with van der Waals surface area (Å²) in [4.78, 5) is 0. The van der Waals surface area contributed by atoms with Crippen LogP contribution in [0.5, 0.6) is 0 Å². The molecule has 0 aliphatic carbocycles. The number of allylic oxidation sites excluding steroid dienone is 2. The molecule has 0 fully saturated rings. The summed E-state index contributed by atoms with van der Waals surface area (Å²) in [6.07, 6.45) is 7.82. The van der Waals surface area contributed by atoms with Crippen LogP contribution in [0.2, 0.25) is 0 Å². The minimum absolute atomic E-state index is 0.713. The normalized spacial score (nSPS) is 13.0. The summed E-state index contributed by atoms with van der Waals surface area (Å²) in [6, 6.07) is 0. The molecule has 0 aliphatic heterocycles. The van der Waals surface area contributed by atoms with Crippen molar-refractivity contribution in [2.45, 2.75) is 60.3 Å². The summed E-state index contributed by atoms with van der Waals surface area (Å²) in [6.45, 7) is 11.4. The third-order valence-corrected chi connectivity index (χ3v) is 2.22. The zero-order valence-electron chi connectivity index (χ0n) is 10.1. The number of rotatable bonds is 6. The van der Waals surface area contributed by atoms with Crippen molar-refractivity contribution in [3.05, 3.63) is 11.6 Å². The first-order valence-corrected chi connectivity index (χ1v) is 5.69. The van der Waals surface area contributed by atoms with Gasteiger partial charge in [0.1, 0.15) is 0 Å². The third kappa shape index (κ3) is 9.66. The summed E-state index contributed by atoms with van der Waals surface area (Å²) in [5.41, 5.74) is 1.57. The van der Waals surface area contributed by atoms with E-state index in [0.29, 0.717) is 5.92 Å². The Bertz CT molecular complexity index is 140. The molecule has 0 amide bonds. The smallest absolute Gasteiger partial charge is 0.0288 e. The average molecular weight is 182 g/mol. The van der Waals surface area contributed by atoms with Crippen LogP contribution in [0.25, 0.3) is 0 Å². The van der Waals surface area contributed by atoms with E-state index in [0.717, 1.165) is 5.92 Å². The fourth-order valence-corrected chi connectivity index (χ4v) is 1.61. The molecule has 0 aliphatic rings. The highest BCUT2D eigenvalue weighted by Gasteiger charge is 1.96. The van der Waals surface area contributed by atoms with E-state index in [1.54, 1.807) is 5.57 Å². The van der Waals surface area contributed by atoms with Gasteiger partial charge in [-0.05, 0) is 31.6 Å². The van der Waals surface area contributed by atoms with E-state index in [1.807, 2.05) is 0 Å². The predicted molar refractivity (Wildman–Crippen MR) is 61.9 cm³/mol. The van der Waals surface area contributed by atoms with Crippen LogP contribution in [-0.2, 0) is 0 Å². The van der Waals surface area contributed by atoms with Crippen LogP contribution >= 0.6 is 0 Å². The number of hydrogen-bond donors (Lipinski definition) is 0. The van der Waals surface area contributed by atoms with Crippen molar-refractivity contribution >= 4 is 0 Å². The Labute approximate surface area is 84.4 Å². The van der Waals surface area contributed by atoms with E-state index < -0.39 is 0 Å². The van der Waals surface area contributed by atoms with Gasteiger partial charge in [-0.15, -0.1) is 0 Å². The van der Waals surface area contributed by atoms with E-state index in [1.165, 1.54) is 25.7 Å². The first-order valence-electron chi connectivity index (χ1n) is 5.69. The maximum Gasteiger partial charge on any atom is -0.0288 e. The Morgan fingerprint density at radius 3 is 2.15 bits per heavy atom. The first-order chi connectivity index (χ1) is 6.02. The van der Waals surface area contributed by atoms with Crippen LogP contribution in [0.3, 0.4) is 0 Å². The summed E-state index contributed by atoms with van der Waals surface area (Å²) in [7, 11) is 0. The molecule has 0 bridgehead atoms. The molecule has 0 heteroatoms. The lowest BCUT2D eigenvalue weighted by molar-refractivity contribution is 0.537. The molecule has 0 N–H and O–H groups in total. The molecule has 0 saturated heterocycles. The summed E-state index contributed by atoms with van der Waals surface area (Å²) < 4.78 is 0. The lowest BCUT2D eigenvalue weighted by Crippen LogP contribution is -1.88. The summed E-state index contributed by atoms with van der Waals surface area (Å²) in [5, 5.41) is 0. The second kappa shape index (κ2) is 7.17. The van der Waals surface area contributed by atoms with Crippen molar-refractivity contribution in [3.8, 4) is 0 Å². The molecular formula is C13H26. The average Bonchev–Trinajstić information content (AvgIpc) is 1.96. The van der Waals surface area contributed by atoms with Gasteiger partial charge in [0, 0.05) is 0 Å². The fourth-order valence-electron chi connectivity index (χ4n) is 1.61. The molecule has 0 spiro atoms. The lowest BCUT2D eigenvalue weighted by Gasteiger charge is -2.05. The van der Waals surface area contributed by atoms with Crippen LogP contribution in [0.4, 0.5) is 0 Å². The minimum atomic E-state index is 0.713. The Hall–Kier alpha value is -0.260. The Morgan fingerprint density at radius 2 is 1.69 bits per heavy atom. The molecule has 0 aromatic carbocycles. The lowest BCUT2D eigenvalue weighted by atomic mass is 10.0. The number of hydrogen-bond acceptors (Lipinski definition) is 0. The predicted octanol–water partition coefficient (Wildman–Crippen LogP) is 4.81. The van der Waals surface area contributed by atoms with Gasteiger partial charge < -0.3 is 0 Å². The van der Waals surface area contributed by atoms with Crippen molar-refractivity contribution in [1.82, 2.24) is 0 Å². The molecular weight excluding hydrogens is 156 g/mol. The summed E-state index contributed by atoms with van der Waals surface area (Å²) >= 11 is 0. The molecule has 13 heavy (non-hydrogen) atoms. The van der Waals surface area contributed by atoms with Crippen molar-refractivity contribution in [2.75, 3.05) is 0 Å². The standard InChI is InChI=1S/C13H26/c1-11(2)8-6-7-9-13(5)10-12(3)4/h10-12H,6-9H2,1-5H3/b13-10+. The van der Waals surface area contributed by atoms with Gasteiger partial charge >= 0.3 is 0 Å². The van der Waals surface area contributed by atoms with Crippen molar-refractivity contribution in [1.29, 1.82) is 0 Å². The van der Waals surface area contributed by atoms with Gasteiger partial charge in [-0.3, -0.25) is 0 Å². The molecule has 78 valence electrons. The van der Waals surface area contributed by atoms with Gasteiger partial charge in [0.2, 0.25) is 0 Å². The van der Waals surface area contributed by atoms with Gasteiger partial charge in [-0.1, -0.05) is 52.2 Å². The van der Waals surface area contributed by atoms with Gasteiger partial charge in [0.15, 0.2) is 0 Å². The third-order valence-electron chi connectivity index (χ3n) is 2.22. The molecule has 0 saturated carbocycles. The molecule has 0 rings (SSSR count). The van der Waals surface area contributed by atoms with E-state index in [-0.39, 0.29) is 0 Å². The van der Waals surface area contributed by atoms with Crippen molar-refractivity contribution < 1.29 is 0 Å². The highest BCUT2D eigenvalue weighted by molar-refractivity contribution is 4.99. The van der Waals surface area contributed by atoms with Crippen LogP contribution in [0, 0.1) is 11.8 Å². The van der Waals surface area contributed by atoms with Crippen LogP contribution in [0.15, 0.2) is 11.6 Å². The van der Waals surface area contributed by atoms with E-state index >= 15 is 0 Å². The molecule has 0 heterocycles. The Morgan fingerprint density at radius 1 is 1.08 bits per heavy atom. The largest absolute Gasteiger partial charge is 0.0830 e. The molecule has 0 unspecified atom stereocenters. The maximum atomic E-state index is 2.38. The molecule has 0 aromatic heterocycles. The second-order valence-corrected chi connectivity index (χ2v) is 4.90. The van der Waals surface area contributed by atoms with Gasteiger partial charge in [-0.25, -0.2) is 0 Å². The van der Waals surface area contributed by atoms with Crippen molar-refractivity contribution in [3.63, 3.8) is 0 Å². The van der Waals surface area contributed by atoms with E-state index in [9.17, 15) is 0 Å². The van der Waals surface area contributed by atoms with E-state index in [2.05, 4.69) is 40.7 Å². The maximum absolute atomic E-state index is 2.38. The van der Waals surface area contributed by atoms with Gasteiger partial charge in [0.25, 0.3) is 0 Å². The van der Waals surface area contributed by atoms with Gasteiger partial charge in [0.05, 0.1) is 0 Å². The fraction of sp³-hybridized carbons (Fsp3) is 0.846. The second-order valence-electron chi connectivity index (χ2n) is 4.90. The minimum Gasteiger partial charge on any atom is -0.0830 e. The molecule has 0 atom stereocenters. The van der Waals surface area contributed by atoms with Crippen molar-refractivity contribution in [2.24, 2.45) is 11.8 Å². The molecule has 0 nitrogen and oxygen atoms in total. The summed E-state index contributed by atoms with van der Waals surface area (Å²) in [5.74, 6) is 1.58. The van der Waals surface area contributed by atoms with E-state index in [4.69, 9.17) is 0 Å². The first kappa shape index (κ1) is 12.7. The zero-order valence-corrected chi connectivity index (χ0v) is 10.1. The molecule has 0 radical (unpaired) electrons. The van der Waals surface area contributed by atoms with Crippen LogP contribution in [0.1, 0.15) is 60.3 Å². The SMILES string of the molecule is C/C(=C\C(C)C)CCCCC(C)C.